The molecular formula is C17H18ClNO2S. The van der Waals surface area contributed by atoms with Gasteiger partial charge in [0.25, 0.3) is 0 Å². The Morgan fingerprint density at radius 2 is 1.82 bits per heavy atom. The van der Waals surface area contributed by atoms with E-state index in [4.69, 9.17) is 17.3 Å². The first-order valence-electron chi connectivity index (χ1n) is 7.21. The first-order chi connectivity index (χ1) is 10.4. The van der Waals surface area contributed by atoms with E-state index in [1.807, 2.05) is 37.3 Å². The van der Waals surface area contributed by atoms with Gasteiger partial charge in [0.1, 0.15) is 0 Å². The van der Waals surface area contributed by atoms with Gasteiger partial charge >= 0.3 is 0 Å². The fourth-order valence-corrected chi connectivity index (χ4v) is 5.51. The van der Waals surface area contributed by atoms with E-state index in [0.29, 0.717) is 16.5 Å². The zero-order chi connectivity index (χ0) is 15.9. The normalized spacial score (nSPS) is 24.2. The first-order valence-corrected chi connectivity index (χ1v) is 9.13. The summed E-state index contributed by atoms with van der Waals surface area (Å²) in [6.07, 6.45) is 0. The molecular weight excluding hydrogens is 318 g/mol. The van der Waals surface area contributed by atoms with Gasteiger partial charge in [0.05, 0.1) is 10.1 Å². The van der Waals surface area contributed by atoms with Gasteiger partial charge in [0, 0.05) is 10.9 Å². The van der Waals surface area contributed by atoms with E-state index in [1.165, 1.54) is 0 Å². The number of hydrogen-bond acceptors (Lipinski definition) is 3. The number of rotatable bonds is 4. The Kier molecular flexibility index (Phi) is 4.02. The second-order valence-electron chi connectivity index (χ2n) is 5.80. The van der Waals surface area contributed by atoms with E-state index in [2.05, 4.69) is 0 Å². The second-order valence-corrected chi connectivity index (χ2v) is 8.35. The van der Waals surface area contributed by atoms with Crippen LogP contribution in [0.15, 0.2) is 53.4 Å². The lowest BCUT2D eigenvalue weighted by Crippen LogP contribution is -2.13. The third-order valence-corrected chi connectivity index (χ3v) is 6.83. The SMILES string of the molecule is Cc1ccc(S(=O)(=O)C2C(CN)C2c2cccc(Cl)c2)cc1. The minimum absolute atomic E-state index is 0.0511. The summed E-state index contributed by atoms with van der Waals surface area (Å²) < 4.78 is 25.7. The smallest absolute Gasteiger partial charge is 0.182 e. The zero-order valence-electron chi connectivity index (χ0n) is 12.2. The highest BCUT2D eigenvalue weighted by Crippen LogP contribution is 2.53. The van der Waals surface area contributed by atoms with Crippen molar-refractivity contribution in [2.24, 2.45) is 11.7 Å². The van der Waals surface area contributed by atoms with Crippen molar-refractivity contribution >= 4 is 21.4 Å². The van der Waals surface area contributed by atoms with Gasteiger partial charge in [-0.25, -0.2) is 8.42 Å². The van der Waals surface area contributed by atoms with E-state index < -0.39 is 15.1 Å². The minimum Gasteiger partial charge on any atom is -0.330 e. The average Bonchev–Trinajstić information content (AvgIpc) is 3.23. The monoisotopic (exact) mass is 335 g/mol. The van der Waals surface area contributed by atoms with E-state index >= 15 is 0 Å². The van der Waals surface area contributed by atoms with Crippen molar-refractivity contribution in [1.82, 2.24) is 0 Å². The fraction of sp³-hybridized carbons (Fsp3) is 0.294. The lowest BCUT2D eigenvalue weighted by atomic mass is 10.1. The molecule has 1 aliphatic rings. The van der Waals surface area contributed by atoms with Crippen LogP contribution >= 0.6 is 11.6 Å². The number of nitrogens with two attached hydrogens (primary N) is 1. The highest BCUT2D eigenvalue weighted by Gasteiger charge is 2.58. The molecule has 22 heavy (non-hydrogen) atoms. The molecule has 0 radical (unpaired) electrons. The molecule has 1 saturated carbocycles. The Balaban J connectivity index is 1.95. The molecule has 0 amide bonds. The summed E-state index contributed by atoms with van der Waals surface area (Å²) in [7, 11) is -3.38. The summed E-state index contributed by atoms with van der Waals surface area (Å²) in [4.78, 5) is 0.367. The van der Waals surface area contributed by atoms with E-state index in [1.54, 1.807) is 18.2 Å². The van der Waals surface area contributed by atoms with Crippen molar-refractivity contribution in [2.45, 2.75) is 23.0 Å². The van der Waals surface area contributed by atoms with Crippen molar-refractivity contribution in [3.63, 3.8) is 0 Å². The molecule has 3 nitrogen and oxygen atoms in total. The molecule has 0 saturated heterocycles. The molecule has 116 valence electrons. The van der Waals surface area contributed by atoms with Crippen molar-refractivity contribution in [2.75, 3.05) is 6.54 Å². The summed E-state index contributed by atoms with van der Waals surface area (Å²) in [5, 5.41) is 0.158. The minimum atomic E-state index is -3.38. The highest BCUT2D eigenvalue weighted by atomic mass is 35.5. The third-order valence-electron chi connectivity index (χ3n) is 4.31. The van der Waals surface area contributed by atoms with Crippen LogP contribution in [0.5, 0.6) is 0 Å². The van der Waals surface area contributed by atoms with Gasteiger partial charge in [-0.2, -0.15) is 0 Å². The molecule has 3 unspecified atom stereocenters. The molecule has 0 spiro atoms. The van der Waals surface area contributed by atoms with Gasteiger partial charge in [-0.05, 0) is 49.2 Å². The van der Waals surface area contributed by atoms with Crippen LogP contribution in [-0.4, -0.2) is 20.2 Å². The molecule has 1 aliphatic carbocycles. The molecule has 0 aliphatic heterocycles. The van der Waals surface area contributed by atoms with Crippen molar-refractivity contribution in [3.05, 3.63) is 64.7 Å². The Morgan fingerprint density at radius 1 is 1.14 bits per heavy atom. The quantitative estimate of drug-likeness (QED) is 0.933. The predicted octanol–water partition coefficient (Wildman–Crippen LogP) is 3.16. The summed E-state index contributed by atoms with van der Waals surface area (Å²) in [6.45, 7) is 2.29. The molecule has 2 N–H and O–H groups in total. The first kappa shape index (κ1) is 15.5. The fourth-order valence-electron chi connectivity index (χ4n) is 3.08. The molecule has 0 aromatic heterocycles. The molecule has 1 fully saturated rings. The van der Waals surface area contributed by atoms with Crippen molar-refractivity contribution in [3.8, 4) is 0 Å². The van der Waals surface area contributed by atoms with Crippen LogP contribution in [0.4, 0.5) is 0 Å². The van der Waals surface area contributed by atoms with Crippen LogP contribution in [0.25, 0.3) is 0 Å². The van der Waals surface area contributed by atoms with Crippen LogP contribution in [0.3, 0.4) is 0 Å². The Bertz CT molecular complexity index is 787. The Hall–Kier alpha value is -1.36. The second kappa shape index (κ2) is 5.69. The summed E-state index contributed by atoms with van der Waals surface area (Å²) in [5.41, 5.74) is 7.78. The number of aryl methyl sites for hydroxylation is 1. The lowest BCUT2D eigenvalue weighted by Gasteiger charge is -2.05. The maximum absolute atomic E-state index is 12.9. The summed E-state index contributed by atoms with van der Waals surface area (Å²) in [5.74, 6) is -0.125. The van der Waals surface area contributed by atoms with E-state index in [0.717, 1.165) is 11.1 Å². The van der Waals surface area contributed by atoms with Gasteiger partial charge in [0.2, 0.25) is 0 Å². The van der Waals surface area contributed by atoms with Crippen LogP contribution in [0, 0.1) is 12.8 Å². The van der Waals surface area contributed by atoms with Gasteiger partial charge in [-0.15, -0.1) is 0 Å². The molecule has 3 atom stereocenters. The Morgan fingerprint density at radius 3 is 2.41 bits per heavy atom. The van der Waals surface area contributed by atoms with Crippen LogP contribution in [0.2, 0.25) is 5.02 Å². The topological polar surface area (TPSA) is 60.2 Å². The molecule has 0 heterocycles. The van der Waals surface area contributed by atoms with Crippen molar-refractivity contribution in [1.29, 1.82) is 0 Å². The lowest BCUT2D eigenvalue weighted by molar-refractivity contribution is 0.591. The molecule has 0 bridgehead atoms. The number of benzene rings is 2. The maximum Gasteiger partial charge on any atom is 0.182 e. The van der Waals surface area contributed by atoms with Gasteiger partial charge in [0.15, 0.2) is 9.84 Å². The number of halogens is 1. The average molecular weight is 336 g/mol. The number of hydrogen-bond donors (Lipinski definition) is 1. The van der Waals surface area contributed by atoms with Crippen molar-refractivity contribution < 1.29 is 8.42 Å². The van der Waals surface area contributed by atoms with Crippen LogP contribution in [-0.2, 0) is 9.84 Å². The maximum atomic E-state index is 12.9. The largest absolute Gasteiger partial charge is 0.330 e. The van der Waals surface area contributed by atoms with E-state index in [9.17, 15) is 8.42 Å². The predicted molar refractivity (Wildman–Crippen MR) is 88.9 cm³/mol. The summed E-state index contributed by atoms with van der Waals surface area (Å²) in [6, 6.07) is 14.4. The molecule has 3 rings (SSSR count). The zero-order valence-corrected chi connectivity index (χ0v) is 13.8. The summed E-state index contributed by atoms with van der Waals surface area (Å²) >= 11 is 6.02. The highest BCUT2D eigenvalue weighted by molar-refractivity contribution is 7.92. The molecule has 5 heteroatoms. The van der Waals surface area contributed by atoms with Gasteiger partial charge in [-0.3, -0.25) is 0 Å². The Labute approximate surface area is 136 Å². The van der Waals surface area contributed by atoms with Gasteiger partial charge < -0.3 is 5.73 Å². The number of sulfone groups is 1. The van der Waals surface area contributed by atoms with Crippen LogP contribution < -0.4 is 5.73 Å². The van der Waals surface area contributed by atoms with E-state index in [-0.39, 0.29) is 11.8 Å². The van der Waals surface area contributed by atoms with Gasteiger partial charge in [-0.1, -0.05) is 41.4 Å². The molecule has 2 aromatic rings. The van der Waals surface area contributed by atoms with Crippen LogP contribution in [0.1, 0.15) is 17.0 Å². The molecule has 2 aromatic carbocycles. The standard InChI is InChI=1S/C17H18ClNO2S/c1-11-5-7-14(8-6-11)22(20,21)17-15(10-19)16(17)12-3-2-4-13(18)9-12/h2-9,15-17H,10,19H2,1H3. The third kappa shape index (κ3) is 2.67.